The molecular formula is C18H24N2O. The summed E-state index contributed by atoms with van der Waals surface area (Å²) in [6, 6.07) is 5.83. The van der Waals surface area contributed by atoms with E-state index in [1.807, 2.05) is 36.9 Å². The molecule has 1 saturated carbocycles. The Morgan fingerprint density at radius 3 is 2.76 bits per heavy atom. The smallest absolute Gasteiger partial charge is 0.255 e. The summed E-state index contributed by atoms with van der Waals surface area (Å²) in [4.78, 5) is 14.7. The van der Waals surface area contributed by atoms with Gasteiger partial charge in [0.05, 0.1) is 12.1 Å². The Balaban J connectivity index is 2.23. The van der Waals surface area contributed by atoms with Crippen LogP contribution in [0.5, 0.6) is 0 Å². The van der Waals surface area contributed by atoms with Crippen LogP contribution in [0.3, 0.4) is 0 Å². The van der Waals surface area contributed by atoms with Crippen molar-refractivity contribution < 1.29 is 4.79 Å². The maximum atomic E-state index is 12.8. The number of hydrogen-bond acceptors (Lipinski definition) is 2. The van der Waals surface area contributed by atoms with E-state index in [1.165, 1.54) is 19.3 Å². The highest BCUT2D eigenvalue weighted by molar-refractivity contribution is 5.96. The van der Waals surface area contributed by atoms with Crippen molar-refractivity contribution in [2.45, 2.75) is 33.1 Å². The summed E-state index contributed by atoms with van der Waals surface area (Å²) < 4.78 is 0. The molecule has 0 aliphatic heterocycles. The maximum absolute atomic E-state index is 12.8. The number of nitrogens with zero attached hydrogens (tertiary/aromatic N) is 1. The van der Waals surface area contributed by atoms with Gasteiger partial charge in [-0.25, -0.2) is 0 Å². The highest BCUT2D eigenvalue weighted by atomic mass is 16.2. The van der Waals surface area contributed by atoms with Crippen LogP contribution >= 0.6 is 0 Å². The minimum atomic E-state index is 0.0886. The van der Waals surface area contributed by atoms with Crippen molar-refractivity contribution in [2.75, 3.05) is 19.6 Å². The van der Waals surface area contributed by atoms with Crippen LogP contribution in [0.15, 0.2) is 18.2 Å². The van der Waals surface area contributed by atoms with E-state index in [2.05, 4.69) is 11.8 Å². The molecule has 1 fully saturated rings. The van der Waals surface area contributed by atoms with Gasteiger partial charge in [0, 0.05) is 18.7 Å². The molecule has 1 aromatic rings. The van der Waals surface area contributed by atoms with Crippen LogP contribution in [0.4, 0.5) is 0 Å². The van der Waals surface area contributed by atoms with Crippen molar-refractivity contribution in [1.82, 2.24) is 4.90 Å². The maximum Gasteiger partial charge on any atom is 0.255 e. The number of carbonyl (C=O) groups is 1. The first-order valence-corrected chi connectivity index (χ1v) is 7.74. The average Bonchev–Trinajstić information content (AvgIpc) is 2.43. The molecule has 0 bridgehead atoms. The molecule has 0 saturated heterocycles. The van der Waals surface area contributed by atoms with E-state index >= 15 is 0 Å². The Hall–Kier alpha value is -1.79. The van der Waals surface area contributed by atoms with Gasteiger partial charge >= 0.3 is 0 Å². The lowest BCUT2D eigenvalue weighted by Gasteiger charge is -2.32. The van der Waals surface area contributed by atoms with Crippen molar-refractivity contribution >= 4 is 5.91 Å². The van der Waals surface area contributed by atoms with Crippen molar-refractivity contribution in [3.8, 4) is 11.8 Å². The van der Waals surface area contributed by atoms with Gasteiger partial charge in [0.15, 0.2) is 0 Å². The zero-order valence-corrected chi connectivity index (χ0v) is 13.0. The largest absolute Gasteiger partial charge is 0.339 e. The fraction of sp³-hybridized carbons (Fsp3) is 0.500. The zero-order chi connectivity index (χ0) is 15.2. The van der Waals surface area contributed by atoms with Crippen molar-refractivity contribution in [3.63, 3.8) is 0 Å². The summed E-state index contributed by atoms with van der Waals surface area (Å²) in [6.07, 6.45) is 3.79. The van der Waals surface area contributed by atoms with Gasteiger partial charge in [0.2, 0.25) is 0 Å². The highest BCUT2D eigenvalue weighted by Gasteiger charge is 2.24. The van der Waals surface area contributed by atoms with Crippen LogP contribution in [0, 0.1) is 24.7 Å². The molecule has 0 unspecified atom stereocenters. The molecule has 1 aromatic carbocycles. The fourth-order valence-electron chi connectivity index (χ4n) is 2.61. The second-order valence-electron chi connectivity index (χ2n) is 5.70. The van der Waals surface area contributed by atoms with Crippen molar-refractivity contribution in [2.24, 2.45) is 11.7 Å². The SMILES string of the molecule is CCN(CC1CCC1)C(=O)c1ccc(C)cc1C#CCN. The predicted octanol–water partition coefficient (Wildman–Crippen LogP) is 2.57. The summed E-state index contributed by atoms with van der Waals surface area (Å²) in [5.41, 5.74) is 8.04. The van der Waals surface area contributed by atoms with E-state index < -0.39 is 0 Å². The van der Waals surface area contributed by atoms with Gasteiger partial charge in [-0.05, 0) is 50.3 Å². The summed E-state index contributed by atoms with van der Waals surface area (Å²) >= 11 is 0. The second kappa shape index (κ2) is 7.28. The third-order valence-corrected chi connectivity index (χ3v) is 4.10. The summed E-state index contributed by atoms with van der Waals surface area (Å²) in [5, 5.41) is 0. The van der Waals surface area contributed by atoms with E-state index in [0.29, 0.717) is 18.0 Å². The molecule has 1 aliphatic rings. The third kappa shape index (κ3) is 3.86. The Labute approximate surface area is 127 Å². The molecule has 1 amide bonds. The first-order valence-electron chi connectivity index (χ1n) is 7.74. The monoisotopic (exact) mass is 284 g/mol. The molecule has 0 heterocycles. The lowest BCUT2D eigenvalue weighted by atomic mass is 9.85. The molecule has 0 spiro atoms. The van der Waals surface area contributed by atoms with E-state index in [0.717, 1.165) is 24.2 Å². The molecule has 2 N–H and O–H groups in total. The second-order valence-corrected chi connectivity index (χ2v) is 5.70. The number of amides is 1. The van der Waals surface area contributed by atoms with E-state index in [4.69, 9.17) is 5.73 Å². The molecule has 1 aliphatic carbocycles. The average molecular weight is 284 g/mol. The lowest BCUT2D eigenvalue weighted by molar-refractivity contribution is 0.0706. The van der Waals surface area contributed by atoms with Gasteiger partial charge in [-0.2, -0.15) is 0 Å². The fourth-order valence-corrected chi connectivity index (χ4v) is 2.61. The van der Waals surface area contributed by atoms with Crippen LogP contribution in [-0.2, 0) is 0 Å². The lowest BCUT2D eigenvalue weighted by Crippen LogP contribution is -2.37. The molecule has 3 heteroatoms. The number of nitrogens with two attached hydrogens (primary N) is 1. The minimum Gasteiger partial charge on any atom is -0.339 e. The molecule has 21 heavy (non-hydrogen) atoms. The predicted molar refractivity (Wildman–Crippen MR) is 86.0 cm³/mol. The van der Waals surface area contributed by atoms with E-state index in [1.54, 1.807) is 0 Å². The number of aryl methyl sites for hydroxylation is 1. The van der Waals surface area contributed by atoms with Gasteiger partial charge in [-0.1, -0.05) is 24.3 Å². The molecule has 0 atom stereocenters. The first-order chi connectivity index (χ1) is 10.2. The zero-order valence-electron chi connectivity index (χ0n) is 13.0. The molecule has 2 rings (SSSR count). The molecule has 3 nitrogen and oxygen atoms in total. The quantitative estimate of drug-likeness (QED) is 0.864. The van der Waals surface area contributed by atoms with E-state index in [9.17, 15) is 4.79 Å². The van der Waals surface area contributed by atoms with Crippen LogP contribution in [0.1, 0.15) is 47.7 Å². The van der Waals surface area contributed by atoms with Crippen LogP contribution in [0.2, 0.25) is 0 Å². The summed E-state index contributed by atoms with van der Waals surface area (Å²) in [5.74, 6) is 6.65. The number of rotatable bonds is 4. The van der Waals surface area contributed by atoms with Gasteiger partial charge in [-0.3, -0.25) is 4.79 Å². The Bertz CT molecular complexity index is 564. The van der Waals surface area contributed by atoms with Gasteiger partial charge in [0.25, 0.3) is 5.91 Å². The Morgan fingerprint density at radius 1 is 1.43 bits per heavy atom. The Morgan fingerprint density at radius 2 is 2.19 bits per heavy atom. The van der Waals surface area contributed by atoms with E-state index in [-0.39, 0.29) is 5.91 Å². The third-order valence-electron chi connectivity index (χ3n) is 4.10. The molecular weight excluding hydrogens is 260 g/mol. The number of benzene rings is 1. The van der Waals surface area contributed by atoms with Gasteiger partial charge < -0.3 is 10.6 Å². The number of hydrogen-bond donors (Lipinski definition) is 1. The molecule has 0 aromatic heterocycles. The van der Waals surface area contributed by atoms with Crippen molar-refractivity contribution in [3.05, 3.63) is 34.9 Å². The van der Waals surface area contributed by atoms with Crippen LogP contribution in [0.25, 0.3) is 0 Å². The molecule has 0 radical (unpaired) electrons. The van der Waals surface area contributed by atoms with Gasteiger partial charge in [-0.15, -0.1) is 0 Å². The minimum absolute atomic E-state index is 0.0886. The van der Waals surface area contributed by atoms with Crippen molar-refractivity contribution in [1.29, 1.82) is 0 Å². The normalized spacial score (nSPS) is 14.0. The highest BCUT2D eigenvalue weighted by Crippen LogP contribution is 2.27. The summed E-state index contributed by atoms with van der Waals surface area (Å²) in [7, 11) is 0. The molecule has 112 valence electrons. The summed E-state index contributed by atoms with van der Waals surface area (Å²) in [6.45, 7) is 5.96. The van der Waals surface area contributed by atoms with Crippen LogP contribution in [-0.4, -0.2) is 30.4 Å². The topological polar surface area (TPSA) is 46.3 Å². The van der Waals surface area contributed by atoms with Crippen LogP contribution < -0.4 is 5.73 Å². The first kappa shape index (κ1) is 15.6. The Kier molecular flexibility index (Phi) is 5.41. The number of carbonyl (C=O) groups excluding carboxylic acids is 1. The van der Waals surface area contributed by atoms with Gasteiger partial charge in [0.1, 0.15) is 0 Å². The standard InChI is InChI=1S/C18H24N2O/c1-3-20(13-15-6-4-7-15)18(21)17-10-9-14(2)12-16(17)8-5-11-19/h9-10,12,15H,3-4,6-7,11,13,19H2,1-2H3.